The van der Waals surface area contributed by atoms with Crippen LogP contribution in [0.5, 0.6) is 0 Å². The summed E-state index contributed by atoms with van der Waals surface area (Å²) in [5.74, 6) is 0.671. The number of amides is 1. The highest BCUT2D eigenvalue weighted by molar-refractivity contribution is 5.95. The van der Waals surface area contributed by atoms with Crippen molar-refractivity contribution < 1.29 is 4.79 Å². The number of rotatable bonds is 2. The fourth-order valence-corrected chi connectivity index (χ4v) is 5.21. The van der Waals surface area contributed by atoms with Gasteiger partial charge in [0.2, 0.25) is 0 Å². The summed E-state index contributed by atoms with van der Waals surface area (Å²) in [5, 5.41) is 8.99. The van der Waals surface area contributed by atoms with E-state index in [4.69, 9.17) is 5.26 Å². The van der Waals surface area contributed by atoms with Gasteiger partial charge in [-0.15, -0.1) is 0 Å². The number of nitrogens with zero attached hydrogens (tertiary/aromatic N) is 3. The predicted molar refractivity (Wildman–Crippen MR) is 109 cm³/mol. The highest BCUT2D eigenvalue weighted by Crippen LogP contribution is 2.50. The van der Waals surface area contributed by atoms with Gasteiger partial charge in [-0.05, 0) is 85.5 Å². The van der Waals surface area contributed by atoms with Crippen LogP contribution in [0.3, 0.4) is 0 Å². The SMILES string of the molecule is N#Cc1ccc(C(=O)N2CCC3CC2c2cc(N4CCCCC4)ccc23)cc1. The monoisotopic (exact) mass is 371 g/mol. The van der Waals surface area contributed by atoms with Gasteiger partial charge in [0.05, 0.1) is 17.7 Å². The van der Waals surface area contributed by atoms with E-state index >= 15 is 0 Å². The molecule has 2 saturated heterocycles. The average Bonchev–Trinajstić information content (AvgIpc) is 3.05. The van der Waals surface area contributed by atoms with Crippen LogP contribution in [-0.4, -0.2) is 30.4 Å². The Bertz CT molecular complexity index is 937. The molecular formula is C24H25N3O. The molecule has 2 aromatic carbocycles. The Morgan fingerprint density at radius 3 is 2.50 bits per heavy atom. The number of hydrogen-bond acceptors (Lipinski definition) is 3. The van der Waals surface area contributed by atoms with Crippen molar-refractivity contribution >= 4 is 11.6 Å². The molecule has 0 spiro atoms. The van der Waals surface area contributed by atoms with E-state index in [0.717, 1.165) is 32.5 Å². The molecule has 1 aliphatic carbocycles. The average molecular weight is 371 g/mol. The second-order valence-electron chi connectivity index (χ2n) is 8.29. The summed E-state index contributed by atoms with van der Waals surface area (Å²) in [6.45, 7) is 3.09. The van der Waals surface area contributed by atoms with E-state index in [0.29, 0.717) is 17.0 Å². The molecule has 2 atom stereocenters. The summed E-state index contributed by atoms with van der Waals surface area (Å²) in [6.07, 6.45) is 5.95. The number of likely N-dealkylation sites (tertiary alicyclic amines) is 1. The van der Waals surface area contributed by atoms with Gasteiger partial charge < -0.3 is 9.80 Å². The lowest BCUT2D eigenvalue weighted by Crippen LogP contribution is -2.37. The number of carbonyl (C=O) groups is 1. The maximum Gasteiger partial charge on any atom is 0.254 e. The minimum absolute atomic E-state index is 0.0872. The van der Waals surface area contributed by atoms with Gasteiger partial charge in [-0.2, -0.15) is 5.26 Å². The van der Waals surface area contributed by atoms with Crippen LogP contribution in [0.2, 0.25) is 0 Å². The molecule has 0 radical (unpaired) electrons. The molecule has 4 nitrogen and oxygen atoms in total. The van der Waals surface area contributed by atoms with E-state index < -0.39 is 0 Å². The quantitative estimate of drug-likeness (QED) is 0.774. The Kier molecular flexibility index (Phi) is 4.31. The predicted octanol–water partition coefficient (Wildman–Crippen LogP) is 4.62. The first kappa shape index (κ1) is 17.3. The molecular weight excluding hydrogens is 346 g/mol. The van der Waals surface area contributed by atoms with Crippen molar-refractivity contribution in [2.75, 3.05) is 24.5 Å². The van der Waals surface area contributed by atoms with E-state index in [-0.39, 0.29) is 11.9 Å². The second-order valence-corrected chi connectivity index (χ2v) is 8.29. The van der Waals surface area contributed by atoms with Gasteiger partial charge in [-0.1, -0.05) is 6.07 Å². The maximum absolute atomic E-state index is 13.2. The molecule has 2 heterocycles. The summed E-state index contributed by atoms with van der Waals surface area (Å²) in [7, 11) is 0. The topological polar surface area (TPSA) is 47.3 Å². The van der Waals surface area contributed by atoms with Crippen molar-refractivity contribution in [3.63, 3.8) is 0 Å². The standard InChI is InChI=1S/C24H25N3O/c25-16-17-4-6-18(7-5-17)24(28)27-13-10-19-14-23(27)22-15-20(8-9-21(19)22)26-11-2-1-3-12-26/h4-9,15,19,23H,1-3,10-14H2. The highest BCUT2D eigenvalue weighted by Gasteiger charge is 2.41. The van der Waals surface area contributed by atoms with Crippen molar-refractivity contribution in [3.8, 4) is 6.07 Å². The largest absolute Gasteiger partial charge is 0.372 e. The van der Waals surface area contributed by atoms with Crippen molar-refractivity contribution in [1.82, 2.24) is 4.90 Å². The van der Waals surface area contributed by atoms with Gasteiger partial charge in [0, 0.05) is 30.9 Å². The van der Waals surface area contributed by atoms with E-state index in [1.807, 2.05) is 0 Å². The van der Waals surface area contributed by atoms with Crippen molar-refractivity contribution in [3.05, 3.63) is 64.7 Å². The number of nitriles is 1. The van der Waals surface area contributed by atoms with Gasteiger partial charge >= 0.3 is 0 Å². The van der Waals surface area contributed by atoms with E-state index in [9.17, 15) is 4.79 Å². The molecule has 5 rings (SSSR count). The van der Waals surface area contributed by atoms with Gasteiger partial charge in [-0.3, -0.25) is 4.79 Å². The first-order valence-electron chi connectivity index (χ1n) is 10.4. The number of benzene rings is 2. The zero-order valence-electron chi connectivity index (χ0n) is 16.1. The molecule has 1 amide bonds. The summed E-state index contributed by atoms with van der Waals surface area (Å²) < 4.78 is 0. The summed E-state index contributed by atoms with van der Waals surface area (Å²) in [6, 6.07) is 16.3. The molecule has 2 fully saturated rings. The number of hydrogen-bond donors (Lipinski definition) is 0. The fraction of sp³-hybridized carbons (Fsp3) is 0.417. The summed E-state index contributed by atoms with van der Waals surface area (Å²) in [5.41, 5.74) is 5.39. The zero-order valence-corrected chi connectivity index (χ0v) is 16.1. The Balaban J connectivity index is 1.44. The van der Waals surface area contributed by atoms with Crippen molar-refractivity contribution in [2.45, 2.75) is 44.1 Å². The molecule has 0 N–H and O–H groups in total. The number of carbonyl (C=O) groups excluding carboxylic acids is 1. The van der Waals surface area contributed by atoms with Gasteiger partial charge in [0.25, 0.3) is 5.91 Å². The van der Waals surface area contributed by atoms with Gasteiger partial charge in [-0.25, -0.2) is 0 Å². The van der Waals surface area contributed by atoms with Crippen LogP contribution in [0.1, 0.15) is 71.1 Å². The lowest BCUT2D eigenvalue weighted by molar-refractivity contribution is 0.0620. The third-order valence-electron chi connectivity index (χ3n) is 6.71. The first-order valence-corrected chi connectivity index (χ1v) is 10.4. The van der Waals surface area contributed by atoms with E-state index in [2.05, 4.69) is 34.1 Å². The molecule has 2 unspecified atom stereocenters. The Morgan fingerprint density at radius 1 is 0.964 bits per heavy atom. The van der Waals surface area contributed by atoms with Crippen LogP contribution >= 0.6 is 0 Å². The van der Waals surface area contributed by atoms with Gasteiger partial charge in [0.15, 0.2) is 0 Å². The van der Waals surface area contributed by atoms with Crippen LogP contribution in [0.15, 0.2) is 42.5 Å². The molecule has 142 valence electrons. The fourth-order valence-electron chi connectivity index (χ4n) is 5.21. The minimum atomic E-state index is 0.0872. The zero-order chi connectivity index (χ0) is 19.1. The lowest BCUT2D eigenvalue weighted by atomic mass is 9.95. The minimum Gasteiger partial charge on any atom is -0.372 e. The molecule has 2 bridgehead atoms. The van der Waals surface area contributed by atoms with Crippen LogP contribution in [0.4, 0.5) is 5.69 Å². The van der Waals surface area contributed by atoms with Crippen LogP contribution in [0.25, 0.3) is 0 Å². The number of anilines is 1. The van der Waals surface area contributed by atoms with Crippen LogP contribution in [-0.2, 0) is 0 Å². The normalized spacial score (nSPS) is 23.2. The molecule has 3 aliphatic rings. The van der Waals surface area contributed by atoms with E-state index in [1.54, 1.807) is 24.3 Å². The summed E-state index contributed by atoms with van der Waals surface area (Å²) >= 11 is 0. The van der Waals surface area contributed by atoms with E-state index in [1.165, 1.54) is 36.1 Å². The molecule has 4 heteroatoms. The number of piperidine rings is 2. The molecule has 28 heavy (non-hydrogen) atoms. The van der Waals surface area contributed by atoms with Crippen molar-refractivity contribution in [1.29, 1.82) is 5.26 Å². The Hall–Kier alpha value is -2.80. The smallest absolute Gasteiger partial charge is 0.254 e. The molecule has 2 aromatic rings. The Morgan fingerprint density at radius 2 is 1.75 bits per heavy atom. The number of fused-ring (bicyclic) bond motifs is 5. The first-order chi connectivity index (χ1) is 13.7. The second kappa shape index (κ2) is 6.98. The van der Waals surface area contributed by atoms with Crippen molar-refractivity contribution in [2.24, 2.45) is 0 Å². The molecule has 0 saturated carbocycles. The maximum atomic E-state index is 13.2. The van der Waals surface area contributed by atoms with Crippen LogP contribution < -0.4 is 4.90 Å². The molecule has 2 aliphatic heterocycles. The van der Waals surface area contributed by atoms with Crippen LogP contribution in [0, 0.1) is 11.3 Å². The third-order valence-corrected chi connectivity index (χ3v) is 6.71. The Labute approximate surface area is 166 Å². The van der Waals surface area contributed by atoms with Gasteiger partial charge in [0.1, 0.15) is 0 Å². The highest BCUT2D eigenvalue weighted by atomic mass is 16.2. The lowest BCUT2D eigenvalue weighted by Gasteiger charge is -2.34. The molecule has 0 aromatic heterocycles. The third kappa shape index (κ3) is 2.86. The summed E-state index contributed by atoms with van der Waals surface area (Å²) in [4.78, 5) is 17.8.